The highest BCUT2D eigenvalue weighted by Gasteiger charge is 2.33. The van der Waals surface area contributed by atoms with Crippen LogP contribution in [0.4, 0.5) is 5.82 Å². The Morgan fingerprint density at radius 3 is 2.67 bits per heavy atom. The minimum atomic E-state index is -0.878. The first-order valence-corrected chi connectivity index (χ1v) is 7.65. The Morgan fingerprint density at radius 1 is 1.33 bits per heavy atom. The van der Waals surface area contributed by atoms with Gasteiger partial charge in [0.1, 0.15) is 11.9 Å². The highest BCUT2D eigenvalue weighted by Crippen LogP contribution is 2.25. The van der Waals surface area contributed by atoms with E-state index in [0.29, 0.717) is 6.04 Å². The van der Waals surface area contributed by atoms with Gasteiger partial charge in [-0.15, -0.1) is 0 Å². The highest BCUT2D eigenvalue weighted by molar-refractivity contribution is 5.81. The lowest BCUT2D eigenvalue weighted by Gasteiger charge is -2.34. The number of nitrogens with one attached hydrogen (secondary N) is 1. The number of piperidine rings is 1. The Hall–Kier alpha value is -1.69. The second-order valence-corrected chi connectivity index (χ2v) is 6.07. The molecule has 2 heterocycles. The Kier molecular flexibility index (Phi) is 4.05. The zero-order valence-electron chi connectivity index (χ0n) is 12.3. The number of aromatic nitrogens is 2. The summed E-state index contributed by atoms with van der Waals surface area (Å²) >= 11 is 0. The van der Waals surface area contributed by atoms with Crippen LogP contribution in [-0.2, 0) is 4.79 Å². The van der Waals surface area contributed by atoms with Crippen LogP contribution in [0, 0.1) is 12.8 Å². The maximum Gasteiger partial charge on any atom is 0.249 e. The Bertz CT molecular complexity index is 510. The number of rotatable bonds is 4. The number of aliphatic hydroxyl groups is 1. The molecule has 2 N–H and O–H groups in total. The Labute approximate surface area is 124 Å². The third-order valence-electron chi connectivity index (χ3n) is 4.24. The van der Waals surface area contributed by atoms with E-state index in [0.717, 1.165) is 50.3 Å². The fourth-order valence-corrected chi connectivity index (χ4v) is 2.78. The average Bonchev–Trinajstić information content (AvgIpc) is 3.30. The van der Waals surface area contributed by atoms with E-state index in [1.54, 1.807) is 12.4 Å². The number of anilines is 1. The van der Waals surface area contributed by atoms with E-state index in [2.05, 4.69) is 20.2 Å². The largest absolute Gasteiger partial charge is 0.383 e. The molecule has 1 saturated carbocycles. The first-order chi connectivity index (χ1) is 10.1. The second-order valence-electron chi connectivity index (χ2n) is 6.07. The molecule has 0 radical (unpaired) electrons. The standard InChI is InChI=1S/C15H22N4O2/c1-10-8-16-9-13(17-10)19-6-4-11(5-7-19)14(20)15(21)18-12-2-3-12/h8-9,11-12,14,20H,2-7H2,1H3,(H,18,21)/t14-/m1/s1. The molecular formula is C15H22N4O2. The van der Waals surface area contributed by atoms with Crippen LogP contribution < -0.4 is 10.2 Å². The van der Waals surface area contributed by atoms with Crippen molar-refractivity contribution in [2.24, 2.45) is 5.92 Å². The van der Waals surface area contributed by atoms with Crippen LogP contribution in [0.25, 0.3) is 0 Å². The Balaban J connectivity index is 1.53. The number of hydrogen-bond donors (Lipinski definition) is 2. The van der Waals surface area contributed by atoms with E-state index in [-0.39, 0.29) is 11.8 Å². The van der Waals surface area contributed by atoms with Gasteiger partial charge in [-0.1, -0.05) is 0 Å². The Morgan fingerprint density at radius 2 is 2.05 bits per heavy atom. The van der Waals surface area contributed by atoms with Gasteiger partial charge in [0.15, 0.2) is 0 Å². The third kappa shape index (κ3) is 3.50. The summed E-state index contributed by atoms with van der Waals surface area (Å²) < 4.78 is 0. The molecule has 2 aliphatic rings. The van der Waals surface area contributed by atoms with Gasteiger partial charge in [0.05, 0.1) is 11.9 Å². The molecule has 1 aliphatic heterocycles. The number of aryl methyl sites for hydroxylation is 1. The molecule has 2 fully saturated rings. The zero-order valence-corrected chi connectivity index (χ0v) is 12.3. The van der Waals surface area contributed by atoms with Gasteiger partial charge in [-0.05, 0) is 38.5 Å². The first kappa shape index (κ1) is 14.3. The van der Waals surface area contributed by atoms with E-state index in [1.165, 1.54) is 0 Å². The lowest BCUT2D eigenvalue weighted by Crippen LogP contribution is -2.45. The summed E-state index contributed by atoms with van der Waals surface area (Å²) in [6, 6.07) is 0.301. The number of hydrogen-bond acceptors (Lipinski definition) is 5. The average molecular weight is 290 g/mol. The fourth-order valence-electron chi connectivity index (χ4n) is 2.78. The number of amides is 1. The van der Waals surface area contributed by atoms with Crippen molar-refractivity contribution in [2.75, 3.05) is 18.0 Å². The highest BCUT2D eigenvalue weighted by atomic mass is 16.3. The monoisotopic (exact) mass is 290 g/mol. The molecule has 0 aromatic carbocycles. The van der Waals surface area contributed by atoms with Crippen molar-refractivity contribution in [3.8, 4) is 0 Å². The molecule has 6 nitrogen and oxygen atoms in total. The number of carbonyl (C=O) groups excluding carboxylic acids is 1. The summed E-state index contributed by atoms with van der Waals surface area (Å²) in [5.74, 6) is 0.717. The van der Waals surface area contributed by atoms with Crippen LogP contribution in [0.2, 0.25) is 0 Å². The molecule has 0 unspecified atom stereocenters. The van der Waals surface area contributed by atoms with Crippen molar-refractivity contribution in [3.05, 3.63) is 18.1 Å². The predicted molar refractivity (Wildman–Crippen MR) is 78.9 cm³/mol. The van der Waals surface area contributed by atoms with Gasteiger partial charge in [0.25, 0.3) is 0 Å². The summed E-state index contributed by atoms with van der Waals surface area (Å²) in [4.78, 5) is 22.7. The fraction of sp³-hybridized carbons (Fsp3) is 0.667. The molecule has 21 heavy (non-hydrogen) atoms. The molecule has 6 heteroatoms. The molecule has 1 aliphatic carbocycles. The smallest absolute Gasteiger partial charge is 0.249 e. The van der Waals surface area contributed by atoms with E-state index in [1.807, 2.05) is 6.92 Å². The molecule has 1 amide bonds. The summed E-state index contributed by atoms with van der Waals surface area (Å²) in [6.07, 6.45) is 6.32. The molecule has 1 atom stereocenters. The third-order valence-corrected chi connectivity index (χ3v) is 4.24. The van der Waals surface area contributed by atoms with Crippen molar-refractivity contribution in [3.63, 3.8) is 0 Å². The van der Waals surface area contributed by atoms with Crippen LogP contribution in [0.15, 0.2) is 12.4 Å². The van der Waals surface area contributed by atoms with E-state index in [9.17, 15) is 9.90 Å². The van der Waals surface area contributed by atoms with Crippen molar-refractivity contribution < 1.29 is 9.90 Å². The minimum absolute atomic E-state index is 0.0396. The minimum Gasteiger partial charge on any atom is -0.383 e. The van der Waals surface area contributed by atoms with Crippen molar-refractivity contribution in [2.45, 2.75) is 44.8 Å². The zero-order chi connectivity index (χ0) is 14.8. The van der Waals surface area contributed by atoms with E-state index >= 15 is 0 Å². The van der Waals surface area contributed by atoms with Crippen LogP contribution in [0.3, 0.4) is 0 Å². The van der Waals surface area contributed by atoms with Crippen LogP contribution in [-0.4, -0.2) is 46.2 Å². The molecule has 1 saturated heterocycles. The molecule has 1 aromatic rings. The maximum atomic E-state index is 11.9. The van der Waals surface area contributed by atoms with Gasteiger partial charge < -0.3 is 15.3 Å². The topological polar surface area (TPSA) is 78.3 Å². The van der Waals surface area contributed by atoms with Gasteiger partial charge in [-0.2, -0.15) is 0 Å². The molecule has 114 valence electrons. The van der Waals surface area contributed by atoms with Gasteiger partial charge >= 0.3 is 0 Å². The van der Waals surface area contributed by atoms with Crippen LogP contribution >= 0.6 is 0 Å². The first-order valence-electron chi connectivity index (χ1n) is 7.65. The predicted octanol–water partition coefficient (Wildman–Crippen LogP) is 0.641. The summed E-state index contributed by atoms with van der Waals surface area (Å²) in [5, 5.41) is 13.0. The molecule has 3 rings (SSSR count). The molecule has 1 aromatic heterocycles. The molecule has 0 spiro atoms. The summed E-state index contributed by atoms with van der Waals surface area (Å²) in [6.45, 7) is 3.53. The van der Waals surface area contributed by atoms with Gasteiger partial charge in [-0.3, -0.25) is 9.78 Å². The van der Waals surface area contributed by atoms with Gasteiger partial charge in [-0.25, -0.2) is 4.98 Å². The second kappa shape index (κ2) is 5.97. The summed E-state index contributed by atoms with van der Waals surface area (Å²) in [5.41, 5.74) is 0.901. The molecule has 0 bridgehead atoms. The van der Waals surface area contributed by atoms with E-state index in [4.69, 9.17) is 0 Å². The molecular weight excluding hydrogens is 268 g/mol. The van der Waals surface area contributed by atoms with Gasteiger partial charge in [0.2, 0.25) is 5.91 Å². The normalized spacial score (nSPS) is 21.1. The lowest BCUT2D eigenvalue weighted by atomic mass is 9.90. The lowest BCUT2D eigenvalue weighted by molar-refractivity contribution is -0.132. The van der Waals surface area contributed by atoms with Crippen molar-refractivity contribution in [1.82, 2.24) is 15.3 Å². The number of nitrogens with zero attached hydrogens (tertiary/aromatic N) is 3. The van der Waals surface area contributed by atoms with Crippen molar-refractivity contribution in [1.29, 1.82) is 0 Å². The summed E-state index contributed by atoms with van der Waals surface area (Å²) in [7, 11) is 0. The number of aliphatic hydroxyl groups excluding tert-OH is 1. The van der Waals surface area contributed by atoms with Crippen LogP contribution in [0.5, 0.6) is 0 Å². The quantitative estimate of drug-likeness (QED) is 0.851. The number of carbonyl (C=O) groups is 1. The van der Waals surface area contributed by atoms with Crippen LogP contribution in [0.1, 0.15) is 31.4 Å². The van der Waals surface area contributed by atoms with Crippen molar-refractivity contribution >= 4 is 11.7 Å². The van der Waals surface area contributed by atoms with Gasteiger partial charge in [0, 0.05) is 25.3 Å². The van der Waals surface area contributed by atoms with E-state index < -0.39 is 6.10 Å². The SMILES string of the molecule is Cc1cncc(N2CCC([C@@H](O)C(=O)NC3CC3)CC2)n1. The maximum absolute atomic E-state index is 11.9.